The number of hydrogen-bond acceptors (Lipinski definition) is 3. The maximum absolute atomic E-state index is 13.2. The topological polar surface area (TPSA) is 59.8 Å². The third-order valence-electron chi connectivity index (χ3n) is 4.96. The molecule has 5 heteroatoms. The van der Waals surface area contributed by atoms with E-state index in [4.69, 9.17) is 0 Å². The first kappa shape index (κ1) is 18.6. The van der Waals surface area contributed by atoms with E-state index in [0.29, 0.717) is 0 Å². The molecule has 144 valence electrons. The summed E-state index contributed by atoms with van der Waals surface area (Å²) in [4.78, 5) is 17.2. The van der Waals surface area contributed by atoms with E-state index in [-0.39, 0.29) is 17.9 Å². The summed E-state index contributed by atoms with van der Waals surface area (Å²) in [6, 6.07) is 27.6. The fourth-order valence-corrected chi connectivity index (χ4v) is 3.42. The smallest absolute Gasteiger partial charge is 0.232 e. The minimum Gasteiger partial charge on any atom is -0.349 e. The Morgan fingerprint density at radius 3 is 1.93 bits per heavy atom. The molecule has 4 rings (SSSR count). The second-order valence-corrected chi connectivity index (χ2v) is 6.92. The third-order valence-corrected chi connectivity index (χ3v) is 4.96. The van der Waals surface area contributed by atoms with Crippen molar-refractivity contribution >= 4 is 5.91 Å². The molecule has 0 radical (unpaired) electrons. The molecule has 1 amide bonds. The molecule has 0 aliphatic heterocycles. The van der Waals surface area contributed by atoms with Crippen LogP contribution in [0.1, 0.15) is 35.6 Å². The summed E-state index contributed by atoms with van der Waals surface area (Å²) >= 11 is 0. The highest BCUT2D eigenvalue weighted by atomic mass is 16.1. The minimum absolute atomic E-state index is 0.0183. The van der Waals surface area contributed by atoms with Crippen molar-refractivity contribution in [2.45, 2.75) is 18.9 Å². The third kappa shape index (κ3) is 4.24. The molecule has 1 aromatic heterocycles. The zero-order valence-electron chi connectivity index (χ0n) is 16.1. The van der Waals surface area contributed by atoms with Crippen molar-refractivity contribution in [1.82, 2.24) is 20.1 Å². The van der Waals surface area contributed by atoms with Crippen LogP contribution in [-0.2, 0) is 4.79 Å². The molecule has 0 saturated heterocycles. The predicted molar refractivity (Wildman–Crippen MR) is 113 cm³/mol. The molecule has 1 N–H and O–H groups in total. The van der Waals surface area contributed by atoms with Crippen molar-refractivity contribution in [1.29, 1.82) is 0 Å². The molecule has 0 fully saturated rings. The number of carbonyl (C=O) groups excluding carboxylic acids is 1. The van der Waals surface area contributed by atoms with E-state index >= 15 is 0 Å². The number of aromatic nitrogens is 3. The summed E-state index contributed by atoms with van der Waals surface area (Å²) in [5.41, 5.74) is 3.91. The highest BCUT2D eigenvalue weighted by molar-refractivity contribution is 5.87. The number of rotatable bonds is 6. The summed E-state index contributed by atoms with van der Waals surface area (Å²) in [6.07, 6.45) is 3.16. The maximum Gasteiger partial charge on any atom is 0.232 e. The molecule has 1 atom stereocenters. The maximum atomic E-state index is 13.2. The van der Waals surface area contributed by atoms with Crippen LogP contribution in [0.4, 0.5) is 0 Å². The first-order valence-electron chi connectivity index (χ1n) is 9.57. The van der Waals surface area contributed by atoms with E-state index < -0.39 is 0 Å². The fraction of sp³-hybridized carbons (Fsp3) is 0.125. The molecule has 0 saturated carbocycles. The van der Waals surface area contributed by atoms with Gasteiger partial charge in [0, 0.05) is 0 Å². The Morgan fingerprint density at radius 1 is 0.828 bits per heavy atom. The first-order chi connectivity index (χ1) is 14.2. The van der Waals surface area contributed by atoms with E-state index in [1.807, 2.05) is 91.9 Å². The summed E-state index contributed by atoms with van der Waals surface area (Å²) in [7, 11) is 0. The largest absolute Gasteiger partial charge is 0.349 e. The average Bonchev–Trinajstić information content (AvgIpc) is 3.30. The van der Waals surface area contributed by atoms with Crippen molar-refractivity contribution in [2.75, 3.05) is 0 Å². The highest BCUT2D eigenvalue weighted by Crippen LogP contribution is 2.26. The van der Waals surface area contributed by atoms with Gasteiger partial charge in [-0.3, -0.25) is 4.79 Å². The zero-order chi connectivity index (χ0) is 20.1. The van der Waals surface area contributed by atoms with Crippen LogP contribution in [0.2, 0.25) is 0 Å². The lowest BCUT2D eigenvalue weighted by Gasteiger charge is -2.21. The van der Waals surface area contributed by atoms with Crippen molar-refractivity contribution in [3.05, 3.63) is 114 Å². The Kier molecular flexibility index (Phi) is 5.47. The first-order valence-corrected chi connectivity index (χ1v) is 9.57. The van der Waals surface area contributed by atoms with Gasteiger partial charge in [0.05, 0.1) is 17.6 Å². The summed E-state index contributed by atoms with van der Waals surface area (Å²) in [6.45, 7) is 2.00. The lowest BCUT2D eigenvalue weighted by molar-refractivity contribution is -0.122. The van der Waals surface area contributed by atoms with Crippen LogP contribution < -0.4 is 5.32 Å². The summed E-state index contributed by atoms with van der Waals surface area (Å²) in [5, 5.41) is 7.31. The van der Waals surface area contributed by atoms with Crippen LogP contribution in [0, 0.1) is 0 Å². The molecule has 0 aliphatic rings. The molecule has 0 aliphatic carbocycles. The van der Waals surface area contributed by atoms with Gasteiger partial charge in [0.2, 0.25) is 5.91 Å². The Bertz CT molecular complexity index is 1010. The summed E-state index contributed by atoms with van der Waals surface area (Å²) in [5.74, 6) is -0.371. The second kappa shape index (κ2) is 8.52. The monoisotopic (exact) mass is 382 g/mol. The van der Waals surface area contributed by atoms with Gasteiger partial charge in [-0.1, -0.05) is 72.8 Å². The van der Waals surface area contributed by atoms with Crippen LogP contribution in [0.5, 0.6) is 0 Å². The molecule has 5 nitrogen and oxygen atoms in total. The number of amides is 1. The number of hydrogen-bond donors (Lipinski definition) is 1. The number of carbonyl (C=O) groups is 1. The second-order valence-electron chi connectivity index (χ2n) is 6.92. The van der Waals surface area contributed by atoms with E-state index in [1.165, 1.54) is 6.33 Å². The van der Waals surface area contributed by atoms with Crippen LogP contribution in [0.3, 0.4) is 0 Å². The van der Waals surface area contributed by atoms with E-state index in [0.717, 1.165) is 22.4 Å². The van der Waals surface area contributed by atoms with E-state index in [1.54, 1.807) is 11.0 Å². The van der Waals surface area contributed by atoms with Gasteiger partial charge in [0.25, 0.3) is 0 Å². The van der Waals surface area contributed by atoms with E-state index in [9.17, 15) is 4.79 Å². The van der Waals surface area contributed by atoms with Crippen LogP contribution >= 0.6 is 0 Å². The SMILES string of the molecule is CC(NC(=O)C(c1ccccc1)c1ccccc1)c1ccc(-n2cncn2)cc1. The normalized spacial score (nSPS) is 11.9. The Labute approximate surface area is 170 Å². The van der Waals surface area contributed by atoms with Gasteiger partial charge in [0.15, 0.2) is 0 Å². The molecule has 1 heterocycles. The van der Waals surface area contributed by atoms with Crippen molar-refractivity contribution in [3.8, 4) is 5.69 Å². The molecule has 0 spiro atoms. The molecular weight excluding hydrogens is 360 g/mol. The van der Waals surface area contributed by atoms with Crippen molar-refractivity contribution in [3.63, 3.8) is 0 Å². The number of nitrogens with zero attached hydrogens (tertiary/aromatic N) is 3. The lowest BCUT2D eigenvalue weighted by atomic mass is 9.90. The zero-order valence-corrected chi connectivity index (χ0v) is 16.1. The molecule has 1 unspecified atom stereocenters. The fourth-order valence-electron chi connectivity index (χ4n) is 3.42. The van der Waals surface area contributed by atoms with Gasteiger partial charge in [-0.15, -0.1) is 0 Å². The standard InChI is InChI=1S/C24H22N4O/c1-18(19-12-14-22(15-13-19)28-17-25-16-26-28)27-24(29)23(20-8-4-2-5-9-20)21-10-6-3-7-11-21/h2-18,23H,1H3,(H,27,29). The van der Waals surface area contributed by atoms with Crippen LogP contribution in [0.15, 0.2) is 97.6 Å². The molecule has 29 heavy (non-hydrogen) atoms. The van der Waals surface area contributed by atoms with Gasteiger partial charge in [-0.05, 0) is 35.7 Å². The Hall–Kier alpha value is -3.73. The number of benzene rings is 3. The van der Waals surface area contributed by atoms with Gasteiger partial charge < -0.3 is 5.32 Å². The van der Waals surface area contributed by atoms with Crippen LogP contribution in [0.25, 0.3) is 5.69 Å². The predicted octanol–water partition coefficient (Wildman–Crippen LogP) is 4.28. The van der Waals surface area contributed by atoms with E-state index in [2.05, 4.69) is 15.4 Å². The lowest BCUT2D eigenvalue weighted by Crippen LogP contribution is -2.32. The summed E-state index contributed by atoms with van der Waals surface area (Å²) < 4.78 is 1.70. The van der Waals surface area contributed by atoms with Crippen molar-refractivity contribution in [2.24, 2.45) is 0 Å². The van der Waals surface area contributed by atoms with Crippen LogP contribution in [-0.4, -0.2) is 20.7 Å². The Balaban J connectivity index is 1.54. The van der Waals surface area contributed by atoms with Gasteiger partial charge in [-0.25, -0.2) is 9.67 Å². The van der Waals surface area contributed by atoms with Gasteiger partial charge in [0.1, 0.15) is 12.7 Å². The minimum atomic E-state index is -0.353. The Morgan fingerprint density at radius 2 is 1.41 bits per heavy atom. The highest BCUT2D eigenvalue weighted by Gasteiger charge is 2.24. The molecule has 4 aromatic rings. The molecule has 3 aromatic carbocycles. The van der Waals surface area contributed by atoms with Crippen molar-refractivity contribution < 1.29 is 4.79 Å². The quantitative estimate of drug-likeness (QED) is 0.542. The van der Waals surface area contributed by atoms with Gasteiger partial charge >= 0.3 is 0 Å². The molecular formula is C24H22N4O. The number of nitrogens with one attached hydrogen (secondary N) is 1. The average molecular weight is 382 g/mol. The molecule has 0 bridgehead atoms. The van der Waals surface area contributed by atoms with Gasteiger partial charge in [-0.2, -0.15) is 5.10 Å².